The first-order valence-electron chi connectivity index (χ1n) is 10.4. The van der Waals surface area contributed by atoms with E-state index >= 15 is 0 Å². The summed E-state index contributed by atoms with van der Waals surface area (Å²) in [6, 6.07) is 18.1. The van der Waals surface area contributed by atoms with Gasteiger partial charge in [0, 0.05) is 17.2 Å². The number of nitro benzene ring substituents is 1. The SMILES string of the molecule is O=[N+]([O-])c1ccccc1S[C@@H]1C[C@H]2[C@@H](c3cccc(Cl)c3N[C@H]2c2cccc(Cl)c2Cl)[C@@H]1Cl. The average Bonchev–Trinajstić information content (AvgIpc) is 3.12. The number of alkyl halides is 1. The van der Waals surface area contributed by atoms with Crippen LogP contribution in [0.2, 0.25) is 15.1 Å². The molecule has 0 amide bonds. The maximum atomic E-state index is 11.5. The number of anilines is 1. The number of rotatable bonds is 4. The third-order valence-electron chi connectivity index (χ3n) is 6.45. The molecule has 0 saturated heterocycles. The Kier molecular flexibility index (Phi) is 6.45. The summed E-state index contributed by atoms with van der Waals surface area (Å²) in [4.78, 5) is 11.8. The molecule has 1 heterocycles. The monoisotopic (exact) mass is 538 g/mol. The Balaban J connectivity index is 1.57. The highest BCUT2D eigenvalue weighted by atomic mass is 35.5. The van der Waals surface area contributed by atoms with Gasteiger partial charge in [0.05, 0.1) is 42.0 Å². The second kappa shape index (κ2) is 9.20. The molecule has 0 unspecified atom stereocenters. The van der Waals surface area contributed by atoms with Gasteiger partial charge in [0.1, 0.15) is 0 Å². The number of fused-ring (bicyclic) bond motifs is 3. The molecule has 9 heteroatoms. The minimum Gasteiger partial charge on any atom is -0.376 e. The minimum atomic E-state index is -0.348. The van der Waals surface area contributed by atoms with E-state index in [0.29, 0.717) is 20.0 Å². The van der Waals surface area contributed by atoms with Gasteiger partial charge in [-0.3, -0.25) is 10.1 Å². The van der Waals surface area contributed by atoms with Crippen molar-refractivity contribution in [2.24, 2.45) is 5.92 Å². The molecule has 1 fully saturated rings. The van der Waals surface area contributed by atoms with Crippen LogP contribution in [-0.4, -0.2) is 15.6 Å². The lowest BCUT2D eigenvalue weighted by Crippen LogP contribution is -2.31. The third kappa shape index (κ3) is 4.08. The van der Waals surface area contributed by atoms with Crippen molar-refractivity contribution < 1.29 is 4.92 Å². The van der Waals surface area contributed by atoms with E-state index in [4.69, 9.17) is 46.4 Å². The van der Waals surface area contributed by atoms with Gasteiger partial charge in [0.2, 0.25) is 0 Å². The van der Waals surface area contributed by atoms with E-state index in [9.17, 15) is 10.1 Å². The van der Waals surface area contributed by atoms with Crippen LogP contribution < -0.4 is 5.32 Å². The number of hydrogen-bond donors (Lipinski definition) is 1. The molecule has 0 spiro atoms. The normalized spacial score (nSPS) is 25.8. The average molecular weight is 540 g/mol. The van der Waals surface area contributed by atoms with Crippen LogP contribution in [0.1, 0.15) is 29.5 Å². The Bertz CT molecular complexity index is 1240. The summed E-state index contributed by atoms with van der Waals surface area (Å²) in [5, 5.41) is 16.5. The fourth-order valence-electron chi connectivity index (χ4n) is 5.04. The number of hydrogen-bond acceptors (Lipinski definition) is 4. The molecular weight excluding hydrogens is 522 g/mol. The van der Waals surface area contributed by atoms with Gasteiger partial charge in [0.15, 0.2) is 0 Å². The van der Waals surface area contributed by atoms with Crippen LogP contribution in [0, 0.1) is 16.0 Å². The van der Waals surface area contributed by atoms with Gasteiger partial charge >= 0.3 is 0 Å². The molecule has 170 valence electrons. The van der Waals surface area contributed by atoms with Gasteiger partial charge in [-0.25, -0.2) is 0 Å². The first-order valence-corrected chi connectivity index (χ1v) is 12.8. The molecule has 5 rings (SSSR count). The molecule has 33 heavy (non-hydrogen) atoms. The predicted octanol–water partition coefficient (Wildman–Crippen LogP) is 8.59. The predicted molar refractivity (Wildman–Crippen MR) is 138 cm³/mol. The highest BCUT2D eigenvalue weighted by molar-refractivity contribution is 8.00. The molecule has 3 aromatic carbocycles. The standard InChI is InChI=1S/C24H18Cl4N2O2S/c25-15-7-4-6-13(21(15)27)23-14-11-19(33-18-10-2-1-9-17(18)30(31)32)22(28)20(14)12-5-3-8-16(26)24(12)29-23/h1-10,14,19-20,22-23,29H,11H2/t14-,19+,20+,22+,23-/m0/s1. The number of benzene rings is 3. The van der Waals surface area contributed by atoms with E-state index in [2.05, 4.69) is 11.4 Å². The summed E-state index contributed by atoms with van der Waals surface area (Å²) in [6.45, 7) is 0. The molecule has 0 aromatic heterocycles. The third-order valence-corrected chi connectivity index (χ3v) is 9.71. The van der Waals surface area contributed by atoms with E-state index in [1.807, 2.05) is 30.3 Å². The fourth-order valence-corrected chi connectivity index (χ4v) is 7.65. The maximum absolute atomic E-state index is 11.5. The molecule has 0 bridgehead atoms. The van der Waals surface area contributed by atoms with E-state index < -0.39 is 0 Å². The van der Waals surface area contributed by atoms with Crippen molar-refractivity contribution >= 4 is 69.5 Å². The molecule has 2 aliphatic rings. The summed E-state index contributed by atoms with van der Waals surface area (Å²) in [6.07, 6.45) is 0.752. The van der Waals surface area contributed by atoms with Crippen molar-refractivity contribution in [3.05, 3.63) is 97.0 Å². The van der Waals surface area contributed by atoms with Crippen LogP contribution in [0.15, 0.2) is 65.6 Å². The van der Waals surface area contributed by atoms with Crippen LogP contribution in [0.5, 0.6) is 0 Å². The zero-order valence-electron chi connectivity index (χ0n) is 17.1. The molecule has 1 N–H and O–H groups in total. The van der Waals surface area contributed by atoms with Crippen molar-refractivity contribution in [1.82, 2.24) is 0 Å². The summed E-state index contributed by atoms with van der Waals surface area (Å²) in [5.41, 5.74) is 2.90. The number of halogens is 4. The molecular formula is C24H18Cl4N2O2S. The fraction of sp³-hybridized carbons (Fsp3) is 0.250. The first kappa shape index (κ1) is 23.1. The lowest BCUT2D eigenvalue weighted by Gasteiger charge is -2.39. The Morgan fingerprint density at radius 1 is 0.939 bits per heavy atom. The van der Waals surface area contributed by atoms with Gasteiger partial charge in [-0.15, -0.1) is 23.4 Å². The van der Waals surface area contributed by atoms with Gasteiger partial charge in [-0.1, -0.05) is 71.2 Å². The zero-order valence-corrected chi connectivity index (χ0v) is 20.9. The number of para-hydroxylation sites is 2. The first-order chi connectivity index (χ1) is 15.9. The lowest BCUT2D eigenvalue weighted by atomic mass is 9.77. The number of nitrogens with zero attached hydrogens (tertiary/aromatic N) is 1. The van der Waals surface area contributed by atoms with E-state index in [0.717, 1.165) is 23.2 Å². The van der Waals surface area contributed by atoms with Gasteiger partial charge in [-0.2, -0.15) is 0 Å². The Morgan fingerprint density at radius 3 is 2.39 bits per heavy atom. The van der Waals surface area contributed by atoms with Crippen molar-refractivity contribution in [3.8, 4) is 0 Å². The second-order valence-electron chi connectivity index (χ2n) is 8.22. The smallest absolute Gasteiger partial charge is 0.282 e. The van der Waals surface area contributed by atoms with E-state index in [-0.39, 0.29) is 39.1 Å². The van der Waals surface area contributed by atoms with Crippen LogP contribution in [0.4, 0.5) is 11.4 Å². The molecule has 0 radical (unpaired) electrons. The summed E-state index contributed by atoms with van der Waals surface area (Å²) >= 11 is 28.1. The minimum absolute atomic E-state index is 0.00179. The highest BCUT2D eigenvalue weighted by Crippen LogP contribution is 2.59. The summed E-state index contributed by atoms with van der Waals surface area (Å²) in [5.74, 6) is 0.108. The topological polar surface area (TPSA) is 55.2 Å². The van der Waals surface area contributed by atoms with Crippen molar-refractivity contribution in [2.75, 3.05) is 5.32 Å². The highest BCUT2D eigenvalue weighted by Gasteiger charge is 2.51. The molecule has 1 aliphatic heterocycles. The summed E-state index contributed by atoms with van der Waals surface area (Å²) in [7, 11) is 0. The number of nitro groups is 1. The van der Waals surface area contributed by atoms with E-state index in [1.165, 1.54) is 17.8 Å². The van der Waals surface area contributed by atoms with Crippen molar-refractivity contribution in [2.45, 2.75) is 33.9 Å². The number of thioether (sulfide) groups is 1. The Labute approximate surface area is 215 Å². The number of nitrogens with one attached hydrogen (secondary N) is 1. The molecule has 1 saturated carbocycles. The molecule has 4 nitrogen and oxygen atoms in total. The van der Waals surface area contributed by atoms with Gasteiger partial charge in [0.25, 0.3) is 5.69 Å². The quantitative estimate of drug-likeness (QED) is 0.205. The Hall–Kier alpha value is -1.63. The zero-order chi connectivity index (χ0) is 23.3. The van der Waals surface area contributed by atoms with Crippen LogP contribution >= 0.6 is 58.2 Å². The molecule has 1 aliphatic carbocycles. The van der Waals surface area contributed by atoms with Crippen LogP contribution in [0.3, 0.4) is 0 Å². The molecule has 5 atom stereocenters. The largest absolute Gasteiger partial charge is 0.376 e. The van der Waals surface area contributed by atoms with Crippen LogP contribution in [-0.2, 0) is 0 Å². The molecule has 3 aromatic rings. The van der Waals surface area contributed by atoms with Crippen molar-refractivity contribution in [3.63, 3.8) is 0 Å². The Morgan fingerprint density at radius 2 is 1.64 bits per heavy atom. The van der Waals surface area contributed by atoms with Gasteiger partial charge < -0.3 is 5.32 Å². The summed E-state index contributed by atoms with van der Waals surface area (Å²) < 4.78 is 0. The van der Waals surface area contributed by atoms with Crippen LogP contribution in [0.25, 0.3) is 0 Å². The van der Waals surface area contributed by atoms with E-state index in [1.54, 1.807) is 18.2 Å². The van der Waals surface area contributed by atoms with Crippen molar-refractivity contribution in [1.29, 1.82) is 0 Å². The van der Waals surface area contributed by atoms with Gasteiger partial charge in [-0.05, 0) is 41.7 Å². The second-order valence-corrected chi connectivity index (χ2v) is 11.2. The lowest BCUT2D eigenvalue weighted by molar-refractivity contribution is -0.387. The maximum Gasteiger partial charge on any atom is 0.282 e.